The lowest BCUT2D eigenvalue weighted by Gasteiger charge is -2.09. The molecule has 1 aromatic heterocycles. The highest BCUT2D eigenvalue weighted by atomic mass is 15.5. The summed E-state index contributed by atoms with van der Waals surface area (Å²) in [5.74, 6) is 0.622. The number of hydrogen-bond acceptors (Lipinski definition) is 4. The van der Waals surface area contributed by atoms with Gasteiger partial charge in [0.1, 0.15) is 6.33 Å². The zero-order chi connectivity index (χ0) is 11.4. The minimum Gasteiger partial charge on any atom is -0.385 e. The molecule has 0 fully saturated rings. The van der Waals surface area contributed by atoms with E-state index in [0.717, 1.165) is 17.9 Å². The van der Waals surface area contributed by atoms with Crippen LogP contribution in [0.3, 0.4) is 0 Å². The lowest BCUT2D eigenvalue weighted by atomic mass is 10.2. The predicted octanol–water partition coefficient (Wildman–Crippen LogP) is 1.73. The molecule has 0 saturated carbocycles. The number of tetrazole rings is 1. The van der Waals surface area contributed by atoms with Crippen molar-refractivity contribution in [3.05, 3.63) is 30.6 Å². The smallest absolute Gasteiger partial charge is 0.143 e. The normalized spacial score (nSPS) is 10.7. The van der Waals surface area contributed by atoms with Crippen molar-refractivity contribution in [2.75, 3.05) is 11.9 Å². The first-order chi connectivity index (χ1) is 7.75. The van der Waals surface area contributed by atoms with Gasteiger partial charge in [0.25, 0.3) is 0 Å². The molecule has 0 aliphatic heterocycles. The monoisotopic (exact) mass is 217 g/mol. The van der Waals surface area contributed by atoms with E-state index in [2.05, 4.69) is 34.7 Å². The summed E-state index contributed by atoms with van der Waals surface area (Å²) in [5, 5.41) is 14.4. The van der Waals surface area contributed by atoms with Gasteiger partial charge in [-0.2, -0.15) is 0 Å². The Bertz CT molecular complexity index is 435. The Kier molecular flexibility index (Phi) is 3.14. The number of nitrogens with one attached hydrogen (secondary N) is 1. The number of aromatic nitrogens is 4. The van der Waals surface area contributed by atoms with E-state index in [-0.39, 0.29) is 0 Å². The molecule has 0 aliphatic carbocycles. The maximum Gasteiger partial charge on any atom is 0.143 e. The molecular weight excluding hydrogens is 202 g/mol. The van der Waals surface area contributed by atoms with Gasteiger partial charge in [0.05, 0.1) is 5.69 Å². The summed E-state index contributed by atoms with van der Waals surface area (Å²) in [5.41, 5.74) is 2.04. The van der Waals surface area contributed by atoms with Crippen LogP contribution in [0.1, 0.15) is 13.8 Å². The van der Waals surface area contributed by atoms with E-state index in [1.54, 1.807) is 11.0 Å². The van der Waals surface area contributed by atoms with E-state index in [4.69, 9.17) is 0 Å². The molecule has 0 bridgehead atoms. The van der Waals surface area contributed by atoms with Crippen molar-refractivity contribution >= 4 is 5.69 Å². The van der Waals surface area contributed by atoms with Crippen LogP contribution in [0.25, 0.3) is 5.69 Å². The molecule has 0 aliphatic rings. The second-order valence-corrected chi connectivity index (χ2v) is 4.08. The van der Waals surface area contributed by atoms with Gasteiger partial charge in [-0.3, -0.25) is 0 Å². The van der Waals surface area contributed by atoms with Crippen molar-refractivity contribution in [2.45, 2.75) is 13.8 Å². The molecular formula is C11H15N5. The first kappa shape index (κ1) is 10.6. The van der Waals surface area contributed by atoms with Crippen molar-refractivity contribution in [3.8, 4) is 5.69 Å². The van der Waals surface area contributed by atoms with Gasteiger partial charge >= 0.3 is 0 Å². The Hall–Kier alpha value is -1.91. The van der Waals surface area contributed by atoms with Crippen LogP contribution in [0.15, 0.2) is 30.6 Å². The van der Waals surface area contributed by atoms with Crippen LogP contribution >= 0.6 is 0 Å². The van der Waals surface area contributed by atoms with Crippen LogP contribution in [0.4, 0.5) is 5.69 Å². The summed E-state index contributed by atoms with van der Waals surface area (Å²) in [4.78, 5) is 0. The predicted molar refractivity (Wildman–Crippen MR) is 62.5 cm³/mol. The van der Waals surface area contributed by atoms with Gasteiger partial charge in [0.2, 0.25) is 0 Å². The molecule has 1 heterocycles. The molecule has 0 saturated heterocycles. The average Bonchev–Trinajstić information content (AvgIpc) is 2.80. The van der Waals surface area contributed by atoms with Gasteiger partial charge in [0, 0.05) is 12.2 Å². The third-order valence-corrected chi connectivity index (χ3v) is 2.17. The topological polar surface area (TPSA) is 55.6 Å². The Morgan fingerprint density at radius 2 is 2.25 bits per heavy atom. The van der Waals surface area contributed by atoms with Gasteiger partial charge < -0.3 is 5.32 Å². The van der Waals surface area contributed by atoms with Gasteiger partial charge in [-0.1, -0.05) is 19.9 Å². The molecule has 2 aromatic rings. The van der Waals surface area contributed by atoms with Crippen molar-refractivity contribution in [1.29, 1.82) is 0 Å². The minimum absolute atomic E-state index is 0.622. The van der Waals surface area contributed by atoms with Gasteiger partial charge in [-0.25, -0.2) is 4.68 Å². The number of nitrogens with zero attached hydrogens (tertiary/aromatic N) is 4. The minimum atomic E-state index is 0.622. The maximum atomic E-state index is 3.85. The molecule has 0 spiro atoms. The molecule has 5 nitrogen and oxygen atoms in total. The Labute approximate surface area is 94.5 Å². The summed E-state index contributed by atoms with van der Waals surface area (Å²) in [7, 11) is 0. The van der Waals surface area contributed by atoms with E-state index in [0.29, 0.717) is 5.92 Å². The molecule has 2 rings (SSSR count). The summed E-state index contributed by atoms with van der Waals surface area (Å²) in [6.45, 7) is 5.31. The van der Waals surface area contributed by atoms with Crippen LogP contribution in [0.5, 0.6) is 0 Å². The van der Waals surface area contributed by atoms with Crippen LogP contribution in [-0.2, 0) is 0 Å². The summed E-state index contributed by atoms with van der Waals surface area (Å²) in [6, 6.07) is 8.02. The molecule has 1 N–H and O–H groups in total. The number of rotatable bonds is 4. The van der Waals surface area contributed by atoms with Crippen LogP contribution < -0.4 is 5.32 Å². The van der Waals surface area contributed by atoms with Crippen molar-refractivity contribution in [1.82, 2.24) is 20.2 Å². The fourth-order valence-electron chi connectivity index (χ4n) is 1.36. The highest BCUT2D eigenvalue weighted by Gasteiger charge is 2.00. The van der Waals surface area contributed by atoms with Crippen LogP contribution in [0.2, 0.25) is 0 Å². The second-order valence-electron chi connectivity index (χ2n) is 4.08. The Balaban J connectivity index is 2.14. The Morgan fingerprint density at radius 1 is 1.38 bits per heavy atom. The summed E-state index contributed by atoms with van der Waals surface area (Å²) in [6.07, 6.45) is 1.58. The van der Waals surface area contributed by atoms with E-state index >= 15 is 0 Å². The Morgan fingerprint density at radius 3 is 2.94 bits per heavy atom. The molecule has 84 valence electrons. The highest BCUT2D eigenvalue weighted by molar-refractivity contribution is 5.50. The third-order valence-electron chi connectivity index (χ3n) is 2.17. The molecule has 1 aromatic carbocycles. The molecule has 16 heavy (non-hydrogen) atoms. The van der Waals surface area contributed by atoms with Gasteiger partial charge in [0.15, 0.2) is 0 Å². The lowest BCUT2D eigenvalue weighted by molar-refractivity contribution is 0.689. The molecule has 0 amide bonds. The largest absolute Gasteiger partial charge is 0.385 e. The van der Waals surface area contributed by atoms with Gasteiger partial charge in [-0.15, -0.1) is 5.10 Å². The molecule has 0 atom stereocenters. The first-order valence-electron chi connectivity index (χ1n) is 5.33. The van der Waals surface area contributed by atoms with E-state index in [1.165, 1.54) is 0 Å². The van der Waals surface area contributed by atoms with E-state index in [9.17, 15) is 0 Å². The van der Waals surface area contributed by atoms with Crippen molar-refractivity contribution in [2.24, 2.45) is 5.92 Å². The number of benzene rings is 1. The first-order valence-corrected chi connectivity index (χ1v) is 5.33. The van der Waals surface area contributed by atoms with Crippen molar-refractivity contribution < 1.29 is 0 Å². The third kappa shape index (κ3) is 2.56. The zero-order valence-corrected chi connectivity index (χ0v) is 9.46. The highest BCUT2D eigenvalue weighted by Crippen LogP contribution is 2.13. The van der Waals surface area contributed by atoms with Crippen LogP contribution in [0, 0.1) is 5.92 Å². The fraction of sp³-hybridized carbons (Fsp3) is 0.364. The fourth-order valence-corrected chi connectivity index (χ4v) is 1.36. The van der Waals surface area contributed by atoms with Crippen molar-refractivity contribution in [3.63, 3.8) is 0 Å². The quantitative estimate of drug-likeness (QED) is 0.847. The van der Waals surface area contributed by atoms with E-state index < -0.39 is 0 Å². The average molecular weight is 217 g/mol. The standard InChI is InChI=1S/C11H15N5/c1-9(2)7-12-10-4-3-5-11(6-10)16-8-13-14-15-16/h3-6,8-9,12H,7H2,1-2H3. The molecule has 0 unspecified atom stereocenters. The molecule has 0 radical (unpaired) electrons. The number of anilines is 1. The van der Waals surface area contributed by atoms with E-state index in [1.807, 2.05) is 24.3 Å². The number of hydrogen-bond donors (Lipinski definition) is 1. The summed E-state index contributed by atoms with van der Waals surface area (Å²) >= 11 is 0. The van der Waals surface area contributed by atoms with Gasteiger partial charge in [-0.05, 0) is 34.5 Å². The summed E-state index contributed by atoms with van der Waals surface area (Å²) < 4.78 is 1.64. The zero-order valence-electron chi connectivity index (χ0n) is 9.46. The second kappa shape index (κ2) is 4.74. The lowest BCUT2D eigenvalue weighted by Crippen LogP contribution is -2.08. The SMILES string of the molecule is CC(C)CNc1cccc(-n2cnnn2)c1. The molecule has 5 heteroatoms. The maximum absolute atomic E-state index is 3.85. The van der Waals surface area contributed by atoms with Crippen LogP contribution in [-0.4, -0.2) is 26.8 Å².